The van der Waals surface area contributed by atoms with Crippen molar-refractivity contribution in [3.05, 3.63) is 12.2 Å². The molecule has 0 aromatic carbocycles. The fraction of sp³-hybridized carbons (Fsp3) is 0.882. The van der Waals surface area contributed by atoms with E-state index in [2.05, 4.69) is 20.4 Å². The molecule has 0 aromatic rings. The standard InChI is InChI=1S/C17H28/c1-4-6-11(2)7-5-8-13-10-15-14-9-12(3)16(14)17(13)15/h12-17H,2,4-10H2,1,3H3. The minimum Gasteiger partial charge on any atom is -0.0999 e. The van der Waals surface area contributed by atoms with E-state index in [0.717, 1.165) is 17.8 Å². The maximum atomic E-state index is 4.18. The molecule has 0 nitrogen and oxygen atoms in total. The lowest BCUT2D eigenvalue weighted by Gasteiger charge is -2.72. The first kappa shape index (κ1) is 11.8. The third-order valence-corrected chi connectivity index (χ3v) is 6.11. The SMILES string of the molecule is C=C(CCC)CCCC1CC2C3CC(C)C3C12. The van der Waals surface area contributed by atoms with Crippen LogP contribution in [0.4, 0.5) is 0 Å². The van der Waals surface area contributed by atoms with Crippen molar-refractivity contribution < 1.29 is 0 Å². The van der Waals surface area contributed by atoms with Crippen LogP contribution in [0.15, 0.2) is 12.2 Å². The summed E-state index contributed by atoms with van der Waals surface area (Å²) in [6, 6.07) is 0. The highest BCUT2D eigenvalue weighted by atomic mass is 14.7. The normalized spacial score (nSPS) is 46.0. The second-order valence-corrected chi connectivity index (χ2v) is 7.08. The average Bonchev–Trinajstić information content (AvgIpc) is 2.27. The monoisotopic (exact) mass is 232 g/mol. The minimum absolute atomic E-state index is 1.07. The first-order chi connectivity index (χ1) is 8.22. The summed E-state index contributed by atoms with van der Waals surface area (Å²) in [5.74, 6) is 6.87. The maximum Gasteiger partial charge on any atom is -0.0321 e. The molecule has 3 aliphatic carbocycles. The molecule has 0 saturated heterocycles. The summed E-state index contributed by atoms with van der Waals surface area (Å²) >= 11 is 0. The van der Waals surface area contributed by atoms with Gasteiger partial charge < -0.3 is 0 Å². The van der Waals surface area contributed by atoms with E-state index >= 15 is 0 Å². The second-order valence-electron chi connectivity index (χ2n) is 7.08. The summed E-state index contributed by atoms with van der Waals surface area (Å²) in [5, 5.41) is 0. The number of allylic oxidation sites excluding steroid dienone is 1. The van der Waals surface area contributed by atoms with Gasteiger partial charge in [-0.2, -0.15) is 0 Å². The zero-order chi connectivity index (χ0) is 12.0. The van der Waals surface area contributed by atoms with Crippen molar-refractivity contribution in [3.8, 4) is 0 Å². The van der Waals surface area contributed by atoms with Crippen molar-refractivity contribution in [1.29, 1.82) is 0 Å². The molecule has 17 heavy (non-hydrogen) atoms. The van der Waals surface area contributed by atoms with Gasteiger partial charge in [-0.05, 0) is 74.0 Å². The van der Waals surface area contributed by atoms with Crippen LogP contribution >= 0.6 is 0 Å². The van der Waals surface area contributed by atoms with E-state index in [-0.39, 0.29) is 0 Å². The topological polar surface area (TPSA) is 0 Å². The van der Waals surface area contributed by atoms with E-state index in [0.29, 0.717) is 0 Å². The molecule has 3 saturated carbocycles. The van der Waals surface area contributed by atoms with Crippen LogP contribution in [0.25, 0.3) is 0 Å². The predicted molar refractivity (Wildman–Crippen MR) is 73.7 cm³/mol. The zero-order valence-electron chi connectivity index (χ0n) is 11.6. The van der Waals surface area contributed by atoms with E-state index in [1.165, 1.54) is 55.4 Å². The fourth-order valence-corrected chi connectivity index (χ4v) is 5.23. The Morgan fingerprint density at radius 1 is 1.12 bits per heavy atom. The molecule has 0 spiro atoms. The molecule has 3 rings (SSSR count). The molecule has 6 unspecified atom stereocenters. The summed E-state index contributed by atoms with van der Waals surface area (Å²) < 4.78 is 0. The first-order valence-corrected chi connectivity index (χ1v) is 7.89. The Bertz CT molecular complexity index is 303. The molecule has 3 fully saturated rings. The summed E-state index contributed by atoms with van der Waals surface area (Å²) in [6.45, 7) is 8.92. The highest BCUT2D eigenvalue weighted by Crippen LogP contribution is 2.71. The Balaban J connectivity index is 1.36. The average molecular weight is 232 g/mol. The van der Waals surface area contributed by atoms with Crippen LogP contribution in [-0.2, 0) is 0 Å². The van der Waals surface area contributed by atoms with Crippen LogP contribution in [0, 0.1) is 35.5 Å². The van der Waals surface area contributed by atoms with Crippen LogP contribution in [0.3, 0.4) is 0 Å². The highest BCUT2D eigenvalue weighted by Gasteiger charge is 2.65. The summed E-state index contributed by atoms with van der Waals surface area (Å²) in [6.07, 6.45) is 9.88. The molecule has 0 amide bonds. The van der Waals surface area contributed by atoms with Crippen molar-refractivity contribution in [3.63, 3.8) is 0 Å². The molecule has 6 atom stereocenters. The van der Waals surface area contributed by atoms with Crippen molar-refractivity contribution in [1.82, 2.24) is 0 Å². The third kappa shape index (κ3) is 1.79. The molecule has 0 aromatic heterocycles. The van der Waals surface area contributed by atoms with Gasteiger partial charge in [-0.25, -0.2) is 0 Å². The van der Waals surface area contributed by atoms with Gasteiger partial charge in [0.25, 0.3) is 0 Å². The quantitative estimate of drug-likeness (QED) is 0.562. The third-order valence-electron chi connectivity index (χ3n) is 6.11. The van der Waals surface area contributed by atoms with Gasteiger partial charge in [-0.1, -0.05) is 32.4 Å². The molecule has 0 bridgehead atoms. The zero-order valence-corrected chi connectivity index (χ0v) is 11.6. The van der Waals surface area contributed by atoms with Crippen LogP contribution in [-0.4, -0.2) is 0 Å². The van der Waals surface area contributed by atoms with Gasteiger partial charge in [-0.3, -0.25) is 0 Å². The summed E-state index contributed by atoms with van der Waals surface area (Å²) in [5.41, 5.74) is 1.49. The van der Waals surface area contributed by atoms with Crippen molar-refractivity contribution in [2.75, 3.05) is 0 Å². The largest absolute Gasteiger partial charge is 0.0999 e. The molecule has 0 radical (unpaired) electrons. The van der Waals surface area contributed by atoms with Crippen molar-refractivity contribution in [2.45, 2.75) is 58.8 Å². The Kier molecular flexibility index (Phi) is 3.09. The molecule has 3 aliphatic rings. The smallest absolute Gasteiger partial charge is 0.0321 e. The van der Waals surface area contributed by atoms with E-state index in [4.69, 9.17) is 0 Å². The Labute approximate surface area is 107 Å². The van der Waals surface area contributed by atoms with Crippen LogP contribution in [0.5, 0.6) is 0 Å². The molecule has 0 heterocycles. The lowest BCUT2D eigenvalue weighted by molar-refractivity contribution is -0.237. The van der Waals surface area contributed by atoms with E-state index in [9.17, 15) is 0 Å². The number of hydrogen-bond donors (Lipinski definition) is 0. The van der Waals surface area contributed by atoms with Crippen LogP contribution < -0.4 is 0 Å². The lowest BCUT2D eigenvalue weighted by atomic mass is 9.33. The molecule has 0 aliphatic heterocycles. The number of fused-ring (bicyclic) bond motifs is 4. The van der Waals surface area contributed by atoms with E-state index < -0.39 is 0 Å². The van der Waals surface area contributed by atoms with Crippen LogP contribution in [0.2, 0.25) is 0 Å². The Morgan fingerprint density at radius 3 is 2.59 bits per heavy atom. The van der Waals surface area contributed by atoms with Gasteiger partial charge in [0.1, 0.15) is 0 Å². The van der Waals surface area contributed by atoms with Crippen LogP contribution in [0.1, 0.15) is 58.8 Å². The van der Waals surface area contributed by atoms with Gasteiger partial charge in [-0.15, -0.1) is 0 Å². The molecule has 0 heteroatoms. The first-order valence-electron chi connectivity index (χ1n) is 7.89. The van der Waals surface area contributed by atoms with Crippen molar-refractivity contribution in [2.24, 2.45) is 35.5 Å². The van der Waals surface area contributed by atoms with E-state index in [1.54, 1.807) is 12.8 Å². The van der Waals surface area contributed by atoms with Gasteiger partial charge in [0.05, 0.1) is 0 Å². The number of hydrogen-bond acceptors (Lipinski definition) is 0. The lowest BCUT2D eigenvalue weighted by Crippen LogP contribution is -2.66. The van der Waals surface area contributed by atoms with Gasteiger partial charge in [0.15, 0.2) is 0 Å². The number of rotatable bonds is 6. The van der Waals surface area contributed by atoms with E-state index in [1.807, 2.05) is 0 Å². The summed E-state index contributed by atoms with van der Waals surface area (Å²) in [4.78, 5) is 0. The molecular formula is C17H28. The van der Waals surface area contributed by atoms with Gasteiger partial charge in [0, 0.05) is 0 Å². The molecule has 0 N–H and O–H groups in total. The minimum atomic E-state index is 1.07. The Hall–Kier alpha value is -0.260. The highest BCUT2D eigenvalue weighted by molar-refractivity contribution is 5.14. The summed E-state index contributed by atoms with van der Waals surface area (Å²) in [7, 11) is 0. The maximum absolute atomic E-state index is 4.18. The van der Waals surface area contributed by atoms with Gasteiger partial charge in [0.2, 0.25) is 0 Å². The van der Waals surface area contributed by atoms with Crippen molar-refractivity contribution >= 4 is 0 Å². The van der Waals surface area contributed by atoms with Gasteiger partial charge >= 0.3 is 0 Å². The second kappa shape index (κ2) is 4.44. The predicted octanol–water partition coefficient (Wildman–Crippen LogP) is 5.05. The molecular weight excluding hydrogens is 204 g/mol. The fourth-order valence-electron chi connectivity index (χ4n) is 5.23. The Morgan fingerprint density at radius 2 is 1.88 bits per heavy atom. The molecule has 96 valence electrons.